The Morgan fingerprint density at radius 1 is 1.03 bits per heavy atom. The Balaban J connectivity index is 1.75. The first kappa shape index (κ1) is 18.8. The van der Waals surface area contributed by atoms with Gasteiger partial charge in [0.2, 0.25) is 0 Å². The number of rotatable bonds is 3. The van der Waals surface area contributed by atoms with Crippen molar-refractivity contribution in [3.63, 3.8) is 0 Å². The number of aromatic nitrogens is 3. The molecule has 1 aromatic carbocycles. The van der Waals surface area contributed by atoms with Crippen molar-refractivity contribution in [2.45, 2.75) is 19.1 Å². The highest BCUT2D eigenvalue weighted by Crippen LogP contribution is 2.33. The first-order chi connectivity index (χ1) is 13.8. The Morgan fingerprint density at radius 3 is 2.48 bits per heavy atom. The Labute approximate surface area is 163 Å². The zero-order chi connectivity index (χ0) is 20.6. The lowest BCUT2D eigenvalue weighted by atomic mass is 9.99. The van der Waals surface area contributed by atoms with Gasteiger partial charge in [0.05, 0.1) is 4.92 Å². The van der Waals surface area contributed by atoms with Crippen LogP contribution in [0, 0.1) is 10.1 Å². The molecule has 29 heavy (non-hydrogen) atoms. The summed E-state index contributed by atoms with van der Waals surface area (Å²) in [5.74, 6) is 0.0679. The molecule has 1 aliphatic rings. The maximum atomic E-state index is 13.4. The van der Waals surface area contributed by atoms with Gasteiger partial charge in [0.1, 0.15) is 5.82 Å². The molecule has 0 aliphatic carbocycles. The van der Waals surface area contributed by atoms with Gasteiger partial charge in [-0.3, -0.25) is 15.1 Å². The van der Waals surface area contributed by atoms with Crippen LogP contribution >= 0.6 is 0 Å². The van der Waals surface area contributed by atoms with Crippen molar-refractivity contribution < 1.29 is 18.1 Å². The molecule has 3 heterocycles. The third-order valence-electron chi connectivity index (χ3n) is 4.68. The molecule has 0 bridgehead atoms. The monoisotopic (exact) mass is 401 g/mol. The van der Waals surface area contributed by atoms with Crippen molar-refractivity contribution in [3.8, 4) is 11.4 Å². The van der Waals surface area contributed by atoms with Gasteiger partial charge in [0, 0.05) is 49.2 Å². The van der Waals surface area contributed by atoms with E-state index >= 15 is 0 Å². The molecule has 2 aromatic heterocycles. The average Bonchev–Trinajstić information content (AvgIpc) is 2.72. The molecule has 0 atom stereocenters. The molecule has 7 nitrogen and oxygen atoms in total. The minimum Gasteiger partial charge on any atom is -0.352 e. The van der Waals surface area contributed by atoms with E-state index in [1.54, 1.807) is 11.0 Å². The van der Waals surface area contributed by atoms with Crippen LogP contribution in [-0.4, -0.2) is 26.4 Å². The van der Waals surface area contributed by atoms with E-state index in [0.717, 1.165) is 11.6 Å². The number of nitro groups is 1. The number of nitrogens with zero attached hydrogens (tertiary/aromatic N) is 5. The number of non-ortho nitro benzene ring substituents is 1. The van der Waals surface area contributed by atoms with Crippen molar-refractivity contribution in [1.29, 1.82) is 0 Å². The van der Waals surface area contributed by atoms with Crippen molar-refractivity contribution in [2.75, 3.05) is 11.4 Å². The average molecular weight is 401 g/mol. The molecule has 1 aliphatic heterocycles. The lowest BCUT2D eigenvalue weighted by Crippen LogP contribution is -2.31. The summed E-state index contributed by atoms with van der Waals surface area (Å²) in [5, 5.41) is 11.0. The van der Waals surface area contributed by atoms with Crippen molar-refractivity contribution in [3.05, 3.63) is 75.7 Å². The maximum absolute atomic E-state index is 13.4. The third kappa shape index (κ3) is 3.86. The van der Waals surface area contributed by atoms with E-state index < -0.39 is 16.8 Å². The maximum Gasteiger partial charge on any atom is 0.433 e. The number of pyridine rings is 1. The summed E-state index contributed by atoms with van der Waals surface area (Å²) in [5.41, 5.74) is 0.954. The Kier molecular flexibility index (Phi) is 4.61. The summed E-state index contributed by atoms with van der Waals surface area (Å²) in [4.78, 5) is 24.1. The molecule has 0 N–H and O–H groups in total. The summed E-state index contributed by atoms with van der Waals surface area (Å²) >= 11 is 0. The second-order valence-corrected chi connectivity index (χ2v) is 6.55. The van der Waals surface area contributed by atoms with Gasteiger partial charge in [-0.2, -0.15) is 13.2 Å². The molecule has 148 valence electrons. The van der Waals surface area contributed by atoms with Crippen molar-refractivity contribution >= 4 is 11.5 Å². The Hall–Kier alpha value is -3.56. The first-order valence-electron chi connectivity index (χ1n) is 8.69. The zero-order valence-corrected chi connectivity index (χ0v) is 14.9. The molecule has 10 heteroatoms. The summed E-state index contributed by atoms with van der Waals surface area (Å²) in [7, 11) is 0. The van der Waals surface area contributed by atoms with Crippen LogP contribution in [0.4, 0.5) is 24.7 Å². The van der Waals surface area contributed by atoms with Crippen LogP contribution in [-0.2, 0) is 19.1 Å². The van der Waals surface area contributed by atoms with E-state index in [-0.39, 0.29) is 23.9 Å². The van der Waals surface area contributed by atoms with Crippen LogP contribution < -0.4 is 4.90 Å². The zero-order valence-electron chi connectivity index (χ0n) is 14.9. The van der Waals surface area contributed by atoms with Gasteiger partial charge in [-0.25, -0.2) is 9.97 Å². The van der Waals surface area contributed by atoms with Gasteiger partial charge in [-0.15, -0.1) is 0 Å². The fourth-order valence-corrected chi connectivity index (χ4v) is 3.22. The van der Waals surface area contributed by atoms with E-state index in [2.05, 4.69) is 15.0 Å². The highest BCUT2D eigenvalue weighted by Gasteiger charge is 2.34. The molecular formula is C19H14F3N5O2. The molecule has 0 unspecified atom stereocenters. The van der Waals surface area contributed by atoms with Gasteiger partial charge in [-0.1, -0.05) is 6.07 Å². The van der Waals surface area contributed by atoms with E-state index in [0.29, 0.717) is 24.1 Å². The molecule has 0 spiro atoms. The third-order valence-corrected chi connectivity index (χ3v) is 4.68. The summed E-state index contributed by atoms with van der Waals surface area (Å²) in [6, 6.07) is 8.56. The predicted molar refractivity (Wildman–Crippen MR) is 98.1 cm³/mol. The second-order valence-electron chi connectivity index (χ2n) is 6.55. The lowest BCUT2D eigenvalue weighted by Gasteiger charge is -2.30. The summed E-state index contributed by atoms with van der Waals surface area (Å²) in [6.07, 6.45) is -1.18. The second kappa shape index (κ2) is 7.12. The standard InChI is InChI=1S/C19H14F3N5O2/c20-19(21,22)16-10-17(25-18(24-16)13-3-6-23-7-4-13)26-8-5-12-1-2-15(27(28)29)9-14(12)11-26/h1-4,6-7,9-10H,5,8,11H2. The van der Waals surface area contributed by atoms with Crippen LogP contribution in [0.2, 0.25) is 0 Å². The van der Waals surface area contributed by atoms with Gasteiger partial charge >= 0.3 is 6.18 Å². The molecule has 0 saturated heterocycles. The van der Waals surface area contributed by atoms with E-state index in [1.807, 2.05) is 0 Å². The lowest BCUT2D eigenvalue weighted by molar-refractivity contribution is -0.384. The minimum atomic E-state index is -4.63. The first-order valence-corrected chi connectivity index (χ1v) is 8.69. The molecule has 4 rings (SSSR count). The molecule has 0 saturated carbocycles. The topological polar surface area (TPSA) is 85.0 Å². The number of hydrogen-bond donors (Lipinski definition) is 0. The normalized spacial score (nSPS) is 13.8. The van der Waals surface area contributed by atoms with Gasteiger partial charge in [0.15, 0.2) is 11.5 Å². The fraction of sp³-hybridized carbons (Fsp3) is 0.211. The van der Waals surface area contributed by atoms with Gasteiger partial charge in [0.25, 0.3) is 5.69 Å². The van der Waals surface area contributed by atoms with Crippen molar-refractivity contribution in [1.82, 2.24) is 15.0 Å². The van der Waals surface area contributed by atoms with E-state index in [4.69, 9.17) is 0 Å². The highest BCUT2D eigenvalue weighted by atomic mass is 19.4. The van der Waals surface area contributed by atoms with E-state index in [1.165, 1.54) is 36.7 Å². The fourth-order valence-electron chi connectivity index (χ4n) is 3.22. The number of fused-ring (bicyclic) bond motifs is 1. The van der Waals surface area contributed by atoms with Crippen LogP contribution in [0.5, 0.6) is 0 Å². The molecular weight excluding hydrogens is 387 g/mol. The van der Waals surface area contributed by atoms with E-state index in [9.17, 15) is 23.3 Å². The van der Waals surface area contributed by atoms with Crippen LogP contribution in [0.15, 0.2) is 48.8 Å². The molecule has 0 radical (unpaired) electrons. The summed E-state index contributed by atoms with van der Waals surface area (Å²) < 4.78 is 40.2. The summed E-state index contributed by atoms with van der Waals surface area (Å²) in [6.45, 7) is 0.663. The number of anilines is 1. The van der Waals surface area contributed by atoms with Crippen LogP contribution in [0.3, 0.4) is 0 Å². The SMILES string of the molecule is O=[N+]([O-])c1ccc2c(c1)CN(c1cc(C(F)(F)F)nc(-c3ccncc3)n1)CC2. The number of nitro benzene ring substituents is 1. The highest BCUT2D eigenvalue weighted by molar-refractivity contribution is 5.58. The predicted octanol–water partition coefficient (Wildman–Crippen LogP) is 4.03. The van der Waals surface area contributed by atoms with Gasteiger partial charge < -0.3 is 4.90 Å². The van der Waals surface area contributed by atoms with Gasteiger partial charge in [-0.05, 0) is 29.7 Å². The van der Waals surface area contributed by atoms with Crippen LogP contribution in [0.1, 0.15) is 16.8 Å². The molecule has 0 fully saturated rings. The smallest absolute Gasteiger partial charge is 0.352 e. The Bertz CT molecular complexity index is 1070. The number of halogens is 3. The number of alkyl halides is 3. The Morgan fingerprint density at radius 2 is 1.79 bits per heavy atom. The van der Waals surface area contributed by atoms with Crippen LogP contribution in [0.25, 0.3) is 11.4 Å². The minimum absolute atomic E-state index is 0.0536. The molecule has 3 aromatic rings. The number of hydrogen-bond acceptors (Lipinski definition) is 6. The number of benzene rings is 1. The van der Waals surface area contributed by atoms with Crippen molar-refractivity contribution in [2.24, 2.45) is 0 Å². The largest absolute Gasteiger partial charge is 0.433 e. The molecule has 0 amide bonds. The quantitative estimate of drug-likeness (QED) is 0.487.